The average molecular weight is 388 g/mol. The molecule has 150 valence electrons. The van der Waals surface area contributed by atoms with E-state index in [1.54, 1.807) is 0 Å². The van der Waals surface area contributed by atoms with Crippen molar-refractivity contribution in [3.63, 3.8) is 0 Å². The van der Waals surface area contributed by atoms with Crippen molar-refractivity contribution < 1.29 is 9.22 Å². The summed E-state index contributed by atoms with van der Waals surface area (Å²) in [7, 11) is -1.92. The zero-order valence-corrected chi connectivity index (χ0v) is 19.5. The maximum Gasteiger partial charge on any atom is 0.192 e. The maximum atomic E-state index is 12.0. The number of carbonyl (C=O) groups excluding carboxylic acids is 1. The molecule has 0 saturated heterocycles. The van der Waals surface area contributed by atoms with Gasteiger partial charge in [0, 0.05) is 22.7 Å². The van der Waals surface area contributed by atoms with Gasteiger partial charge in [-0.2, -0.15) is 0 Å². The molecule has 3 nitrogen and oxygen atoms in total. The number of aldehydes is 1. The predicted molar refractivity (Wildman–Crippen MR) is 114 cm³/mol. The summed E-state index contributed by atoms with van der Waals surface area (Å²) in [6.07, 6.45) is 6.64. The van der Waals surface area contributed by atoms with E-state index in [9.17, 15) is 4.79 Å². The van der Waals surface area contributed by atoms with E-state index >= 15 is 0 Å². The van der Waals surface area contributed by atoms with Gasteiger partial charge in [-0.05, 0) is 61.7 Å². The van der Waals surface area contributed by atoms with Crippen molar-refractivity contribution in [2.75, 3.05) is 0 Å². The molecule has 0 bridgehead atoms. The van der Waals surface area contributed by atoms with Crippen LogP contribution in [0.15, 0.2) is 0 Å². The van der Waals surface area contributed by atoms with Crippen LogP contribution in [0.2, 0.25) is 18.1 Å². The molecule has 27 heavy (non-hydrogen) atoms. The van der Waals surface area contributed by atoms with Crippen LogP contribution in [0, 0.1) is 12.3 Å². The summed E-state index contributed by atoms with van der Waals surface area (Å²) in [5.74, 6) is 0.471. The van der Waals surface area contributed by atoms with Crippen LogP contribution in [-0.2, 0) is 10.8 Å². The molecule has 1 aromatic heterocycles. The number of nitrogens with zero attached hydrogens (tertiary/aromatic N) is 1. The molecule has 1 aromatic rings. The van der Waals surface area contributed by atoms with Gasteiger partial charge < -0.3 is 4.43 Å². The van der Waals surface area contributed by atoms with Crippen LogP contribution in [-0.4, -0.2) is 19.6 Å². The smallest absolute Gasteiger partial charge is 0.192 e. The molecule has 3 rings (SSSR count). The normalized spacial score (nSPS) is 22.9. The van der Waals surface area contributed by atoms with Crippen LogP contribution in [0.3, 0.4) is 0 Å². The highest BCUT2D eigenvalue weighted by Gasteiger charge is 2.44. The topological polar surface area (TPSA) is 39.2 Å². The van der Waals surface area contributed by atoms with Crippen LogP contribution in [0.5, 0.6) is 0 Å². The number of hydrogen-bond acceptors (Lipinski definition) is 3. The fourth-order valence-corrected chi connectivity index (χ4v) is 5.55. The fraction of sp³-hybridized carbons (Fsp3) is 0.739. The molecule has 0 unspecified atom stereocenters. The quantitative estimate of drug-likeness (QED) is 0.437. The summed E-state index contributed by atoms with van der Waals surface area (Å²) in [5, 5.41) is 0.162. The Morgan fingerprint density at radius 3 is 2.33 bits per heavy atom. The maximum absolute atomic E-state index is 12.0. The van der Waals surface area contributed by atoms with Gasteiger partial charge in [0.05, 0.1) is 11.8 Å². The van der Waals surface area contributed by atoms with Gasteiger partial charge in [-0.25, -0.2) is 0 Å². The van der Waals surface area contributed by atoms with Gasteiger partial charge in [0.1, 0.15) is 0 Å². The third-order valence-corrected chi connectivity index (χ3v) is 11.7. The van der Waals surface area contributed by atoms with Crippen LogP contribution in [0.1, 0.15) is 105 Å². The van der Waals surface area contributed by atoms with Crippen molar-refractivity contribution in [3.05, 3.63) is 28.1 Å². The summed E-state index contributed by atoms with van der Waals surface area (Å²) in [4.78, 5) is 17.1. The molecule has 0 spiro atoms. The third-order valence-electron chi connectivity index (χ3n) is 7.21. The molecular formula is C23H37NO2Si. The number of fused-ring (bicyclic) bond motifs is 1. The van der Waals surface area contributed by atoms with E-state index in [-0.39, 0.29) is 16.6 Å². The lowest BCUT2D eigenvalue weighted by Gasteiger charge is -2.45. The number of pyridine rings is 1. The lowest BCUT2D eigenvalue weighted by atomic mass is 9.72. The molecule has 0 radical (unpaired) electrons. The van der Waals surface area contributed by atoms with E-state index < -0.39 is 8.32 Å². The third kappa shape index (κ3) is 3.80. The molecule has 0 aromatic carbocycles. The van der Waals surface area contributed by atoms with Crippen LogP contribution >= 0.6 is 0 Å². The second kappa shape index (κ2) is 6.80. The molecule has 1 saturated carbocycles. The van der Waals surface area contributed by atoms with E-state index in [1.807, 2.05) is 0 Å². The van der Waals surface area contributed by atoms with Crippen molar-refractivity contribution in [2.24, 2.45) is 5.41 Å². The molecule has 1 atom stereocenters. The van der Waals surface area contributed by atoms with Crippen LogP contribution < -0.4 is 0 Å². The first-order valence-corrected chi connectivity index (χ1v) is 13.4. The standard InChI is InChI=1S/C23H37NO2Si/c1-15-17(14-25)21(16-10-9-11-16)24-18-12-23(5,6)13-19(20(15)18)26-27(7,8)22(2,3)4/h14,16,19H,9-13H2,1-8H3/t19-/m0/s1. The van der Waals surface area contributed by atoms with Gasteiger partial charge >= 0.3 is 0 Å². The van der Waals surface area contributed by atoms with E-state index in [4.69, 9.17) is 9.41 Å². The van der Waals surface area contributed by atoms with Gasteiger partial charge in [0.15, 0.2) is 14.6 Å². The van der Waals surface area contributed by atoms with Gasteiger partial charge in [-0.3, -0.25) is 9.78 Å². The monoisotopic (exact) mass is 387 g/mol. The molecule has 1 heterocycles. The van der Waals surface area contributed by atoms with Crippen molar-refractivity contribution in [1.29, 1.82) is 0 Å². The highest BCUT2D eigenvalue weighted by molar-refractivity contribution is 6.74. The molecule has 2 aliphatic rings. The Labute approximate surface area is 166 Å². The first kappa shape index (κ1) is 20.7. The van der Waals surface area contributed by atoms with Crippen LogP contribution in [0.25, 0.3) is 0 Å². The number of hydrogen-bond donors (Lipinski definition) is 0. The van der Waals surface area contributed by atoms with E-state index in [0.717, 1.165) is 35.9 Å². The highest BCUT2D eigenvalue weighted by atomic mass is 28.4. The van der Waals surface area contributed by atoms with Gasteiger partial charge in [-0.1, -0.05) is 41.0 Å². The molecule has 0 N–H and O–H groups in total. The minimum Gasteiger partial charge on any atom is -0.410 e. The molecule has 1 fully saturated rings. The average Bonchev–Trinajstić information content (AvgIpc) is 2.42. The minimum absolute atomic E-state index is 0.0475. The summed E-state index contributed by atoms with van der Waals surface area (Å²) < 4.78 is 6.91. The Balaban J connectivity index is 2.10. The van der Waals surface area contributed by atoms with E-state index in [1.165, 1.54) is 30.5 Å². The summed E-state index contributed by atoms with van der Waals surface area (Å²) in [6.45, 7) is 18.3. The Morgan fingerprint density at radius 2 is 1.85 bits per heavy atom. The highest BCUT2D eigenvalue weighted by Crippen LogP contribution is 2.49. The zero-order chi connectivity index (χ0) is 20.2. The summed E-state index contributed by atoms with van der Waals surface area (Å²) >= 11 is 0. The Morgan fingerprint density at radius 1 is 1.22 bits per heavy atom. The number of rotatable bonds is 4. The lowest BCUT2D eigenvalue weighted by Crippen LogP contribution is -2.44. The lowest BCUT2D eigenvalue weighted by molar-refractivity contribution is 0.104. The second-order valence-corrected chi connectivity index (χ2v) is 15.8. The zero-order valence-electron chi connectivity index (χ0n) is 18.5. The van der Waals surface area contributed by atoms with Crippen molar-refractivity contribution in [3.8, 4) is 0 Å². The second-order valence-electron chi connectivity index (χ2n) is 11.1. The minimum atomic E-state index is -1.92. The molecule has 0 aliphatic heterocycles. The van der Waals surface area contributed by atoms with Gasteiger partial charge in [0.25, 0.3) is 0 Å². The van der Waals surface area contributed by atoms with E-state index in [0.29, 0.717) is 5.92 Å². The van der Waals surface area contributed by atoms with Crippen molar-refractivity contribution in [2.45, 2.75) is 104 Å². The first-order chi connectivity index (χ1) is 12.4. The van der Waals surface area contributed by atoms with E-state index in [2.05, 4.69) is 54.6 Å². The largest absolute Gasteiger partial charge is 0.410 e. The van der Waals surface area contributed by atoms with Gasteiger partial charge in [-0.15, -0.1) is 0 Å². The molecule has 2 aliphatic carbocycles. The first-order valence-electron chi connectivity index (χ1n) is 10.5. The van der Waals surface area contributed by atoms with Crippen molar-refractivity contribution in [1.82, 2.24) is 4.98 Å². The summed E-state index contributed by atoms with van der Waals surface area (Å²) in [5.41, 5.74) is 5.57. The van der Waals surface area contributed by atoms with Gasteiger partial charge in [0.2, 0.25) is 0 Å². The SMILES string of the molecule is Cc1c(C=O)c(C2CCC2)nc2c1[C@@H](O[Si](C)(C)C(C)(C)C)CC(C)(C)C2. The fourth-order valence-electron chi connectivity index (χ4n) is 4.29. The Bertz CT molecular complexity index is 742. The predicted octanol–water partition coefficient (Wildman–Crippen LogP) is 6.51. The Kier molecular flexibility index (Phi) is 5.22. The van der Waals surface area contributed by atoms with Crippen LogP contribution in [0.4, 0.5) is 0 Å². The Hall–Kier alpha value is -1.00. The molecule has 0 amide bonds. The van der Waals surface area contributed by atoms with Crippen molar-refractivity contribution >= 4 is 14.6 Å². The summed E-state index contributed by atoms with van der Waals surface area (Å²) in [6, 6.07) is 0. The number of carbonyl (C=O) groups is 1. The molecule has 4 heteroatoms. The number of aromatic nitrogens is 1. The molecular weight excluding hydrogens is 350 g/mol.